The van der Waals surface area contributed by atoms with E-state index < -0.39 is 0 Å². The van der Waals surface area contributed by atoms with E-state index in [0.29, 0.717) is 24.5 Å². The number of halogens is 1. The minimum absolute atomic E-state index is 0.314. The van der Waals surface area contributed by atoms with Crippen LogP contribution in [0.2, 0.25) is 0 Å². The zero-order valence-corrected chi connectivity index (χ0v) is 5.90. The Bertz CT molecular complexity index is 127. The molecule has 0 bridgehead atoms. The van der Waals surface area contributed by atoms with Gasteiger partial charge < -0.3 is 4.74 Å². The number of rotatable bonds is 3. The third-order valence-electron chi connectivity index (χ3n) is 1.36. The molecular weight excluding hydrogens is 136 g/mol. The molecule has 50 valence electrons. The van der Waals surface area contributed by atoms with Crippen molar-refractivity contribution >= 4 is 11.6 Å². The van der Waals surface area contributed by atoms with Crippen LogP contribution >= 0.6 is 11.6 Å². The molecule has 0 aromatic carbocycles. The predicted molar refractivity (Wildman–Crippen MR) is 37.4 cm³/mol. The molecule has 1 saturated carbocycles. The smallest absolute Gasteiger partial charge is 0.0726 e. The summed E-state index contributed by atoms with van der Waals surface area (Å²) < 4.78 is 5.23. The van der Waals surface area contributed by atoms with Crippen LogP contribution in [0, 0.1) is 18.3 Å². The Kier molecular flexibility index (Phi) is 2.38. The van der Waals surface area contributed by atoms with Crippen LogP contribution in [0.4, 0.5) is 0 Å². The highest BCUT2D eigenvalue weighted by Crippen LogP contribution is 2.32. The van der Waals surface area contributed by atoms with Crippen molar-refractivity contribution in [2.24, 2.45) is 5.92 Å². The fourth-order valence-electron chi connectivity index (χ4n) is 0.727. The first kappa shape index (κ1) is 6.92. The Morgan fingerprint density at radius 3 is 3.00 bits per heavy atom. The molecule has 2 heteroatoms. The molecule has 0 heterocycles. The van der Waals surface area contributed by atoms with Gasteiger partial charge in [0, 0.05) is 11.8 Å². The summed E-state index contributed by atoms with van der Waals surface area (Å²) in [5, 5.41) is 0. The first-order valence-corrected chi connectivity index (χ1v) is 3.55. The zero-order valence-electron chi connectivity index (χ0n) is 5.14. The molecule has 0 unspecified atom stereocenters. The van der Waals surface area contributed by atoms with Gasteiger partial charge in [0.1, 0.15) is 0 Å². The summed E-state index contributed by atoms with van der Waals surface area (Å²) in [5.41, 5.74) is 0. The average molecular weight is 145 g/mol. The lowest BCUT2D eigenvalue weighted by atomic mass is 10.4. The maximum atomic E-state index is 5.39. The number of alkyl halides is 1. The van der Waals surface area contributed by atoms with Gasteiger partial charge in [-0.1, -0.05) is 0 Å². The van der Waals surface area contributed by atoms with Crippen LogP contribution in [0.3, 0.4) is 0 Å². The monoisotopic (exact) mass is 144 g/mol. The first-order valence-electron chi connectivity index (χ1n) is 3.02. The molecule has 0 radical (unpaired) electrons. The van der Waals surface area contributed by atoms with E-state index in [9.17, 15) is 0 Å². The zero-order chi connectivity index (χ0) is 6.69. The molecule has 0 spiro atoms. The third-order valence-corrected chi connectivity index (χ3v) is 1.51. The van der Waals surface area contributed by atoms with Crippen molar-refractivity contribution in [1.82, 2.24) is 0 Å². The van der Waals surface area contributed by atoms with Gasteiger partial charge in [-0.15, -0.1) is 23.9 Å². The maximum Gasteiger partial charge on any atom is 0.0726 e. The van der Waals surface area contributed by atoms with E-state index >= 15 is 0 Å². The van der Waals surface area contributed by atoms with Gasteiger partial charge in [-0.3, -0.25) is 0 Å². The van der Waals surface area contributed by atoms with E-state index in [1.807, 2.05) is 0 Å². The van der Waals surface area contributed by atoms with Gasteiger partial charge in [-0.05, 0) is 6.42 Å². The van der Waals surface area contributed by atoms with Gasteiger partial charge in [0.2, 0.25) is 0 Å². The molecule has 0 saturated heterocycles. The second-order valence-corrected chi connectivity index (χ2v) is 2.49. The minimum atomic E-state index is 0.314. The molecule has 2 atom stereocenters. The fraction of sp³-hybridized carbons (Fsp3) is 0.714. The SMILES string of the molecule is C#C[C@@H]1C[C@H]1OCCCl. The number of ether oxygens (including phenoxy) is 1. The predicted octanol–water partition coefficient (Wildman–Crippen LogP) is 1.26. The van der Waals surface area contributed by atoms with Crippen molar-refractivity contribution in [2.75, 3.05) is 12.5 Å². The molecule has 0 aromatic heterocycles. The van der Waals surface area contributed by atoms with Crippen molar-refractivity contribution in [1.29, 1.82) is 0 Å². The van der Waals surface area contributed by atoms with E-state index in [4.69, 9.17) is 22.8 Å². The Labute approximate surface area is 60.3 Å². The lowest BCUT2D eigenvalue weighted by Gasteiger charge is -1.95. The summed E-state index contributed by atoms with van der Waals surface area (Å²) in [6, 6.07) is 0. The molecule has 0 N–H and O–H groups in total. The van der Waals surface area contributed by atoms with Gasteiger partial charge in [0.25, 0.3) is 0 Å². The van der Waals surface area contributed by atoms with Crippen molar-refractivity contribution in [3.63, 3.8) is 0 Å². The van der Waals surface area contributed by atoms with Crippen LogP contribution in [0.25, 0.3) is 0 Å². The third kappa shape index (κ3) is 1.89. The van der Waals surface area contributed by atoms with Crippen LogP contribution < -0.4 is 0 Å². The summed E-state index contributed by atoms with van der Waals surface area (Å²) in [4.78, 5) is 0. The fourth-order valence-corrected chi connectivity index (χ4v) is 0.816. The van der Waals surface area contributed by atoms with Crippen molar-refractivity contribution < 1.29 is 4.74 Å². The number of hydrogen-bond donors (Lipinski definition) is 0. The Hall–Kier alpha value is -0.190. The molecule has 1 nitrogen and oxygen atoms in total. The summed E-state index contributed by atoms with van der Waals surface area (Å²) in [6.45, 7) is 0.629. The quantitative estimate of drug-likeness (QED) is 0.428. The number of hydrogen-bond acceptors (Lipinski definition) is 1. The van der Waals surface area contributed by atoms with Gasteiger partial charge in [0.05, 0.1) is 12.7 Å². The van der Waals surface area contributed by atoms with Crippen LogP contribution in [0.5, 0.6) is 0 Å². The van der Waals surface area contributed by atoms with Gasteiger partial charge >= 0.3 is 0 Å². The van der Waals surface area contributed by atoms with E-state index in [0.717, 1.165) is 6.42 Å². The van der Waals surface area contributed by atoms with E-state index in [2.05, 4.69) is 5.92 Å². The van der Waals surface area contributed by atoms with Crippen LogP contribution in [0.15, 0.2) is 0 Å². The summed E-state index contributed by atoms with van der Waals surface area (Å²) in [6.07, 6.45) is 6.47. The lowest BCUT2D eigenvalue weighted by molar-refractivity contribution is 0.128. The minimum Gasteiger partial charge on any atom is -0.376 e. The van der Waals surface area contributed by atoms with Gasteiger partial charge in [-0.2, -0.15) is 0 Å². The molecule has 1 aliphatic rings. The Balaban J connectivity index is 2.00. The average Bonchev–Trinajstić information content (AvgIpc) is 2.62. The summed E-state index contributed by atoms with van der Waals surface area (Å²) >= 11 is 5.39. The topological polar surface area (TPSA) is 9.23 Å². The van der Waals surface area contributed by atoms with Crippen LogP contribution in [-0.4, -0.2) is 18.6 Å². The molecule has 0 aromatic rings. The molecule has 0 aliphatic heterocycles. The highest BCUT2D eigenvalue weighted by Gasteiger charge is 2.36. The first-order chi connectivity index (χ1) is 4.38. The van der Waals surface area contributed by atoms with Crippen molar-refractivity contribution in [3.8, 4) is 12.3 Å². The Morgan fingerprint density at radius 2 is 2.56 bits per heavy atom. The van der Waals surface area contributed by atoms with E-state index in [1.165, 1.54) is 0 Å². The molecule has 1 aliphatic carbocycles. The highest BCUT2D eigenvalue weighted by atomic mass is 35.5. The molecule has 0 amide bonds. The normalized spacial score (nSPS) is 31.6. The largest absolute Gasteiger partial charge is 0.376 e. The van der Waals surface area contributed by atoms with Crippen LogP contribution in [0.1, 0.15) is 6.42 Å². The van der Waals surface area contributed by atoms with Crippen molar-refractivity contribution in [3.05, 3.63) is 0 Å². The molecular formula is C7H9ClO. The molecule has 1 fully saturated rings. The lowest BCUT2D eigenvalue weighted by Crippen LogP contribution is -1.98. The second-order valence-electron chi connectivity index (χ2n) is 2.11. The second kappa shape index (κ2) is 3.10. The maximum absolute atomic E-state index is 5.39. The summed E-state index contributed by atoms with van der Waals surface area (Å²) in [5.74, 6) is 3.56. The molecule has 1 rings (SSSR count). The Morgan fingerprint density at radius 1 is 1.78 bits per heavy atom. The number of terminal acetylenes is 1. The van der Waals surface area contributed by atoms with Crippen LogP contribution in [-0.2, 0) is 4.74 Å². The van der Waals surface area contributed by atoms with Gasteiger partial charge in [0.15, 0.2) is 0 Å². The van der Waals surface area contributed by atoms with E-state index in [1.54, 1.807) is 0 Å². The summed E-state index contributed by atoms with van der Waals surface area (Å²) in [7, 11) is 0. The van der Waals surface area contributed by atoms with Gasteiger partial charge in [-0.25, -0.2) is 0 Å². The van der Waals surface area contributed by atoms with E-state index in [-0.39, 0.29) is 0 Å². The van der Waals surface area contributed by atoms with Crippen molar-refractivity contribution in [2.45, 2.75) is 12.5 Å². The molecule has 9 heavy (non-hydrogen) atoms. The highest BCUT2D eigenvalue weighted by molar-refractivity contribution is 6.17. The standard InChI is InChI=1S/C7H9ClO/c1-2-6-5-7(6)9-4-3-8/h1,6-7H,3-5H2/t6-,7-/m1/s1.